The maximum absolute atomic E-state index is 5.76. The lowest BCUT2D eigenvalue weighted by Crippen LogP contribution is -2.46. The number of aromatic nitrogens is 3. The van der Waals surface area contributed by atoms with Crippen LogP contribution < -0.4 is 10.6 Å². The number of nitrogens with zero attached hydrogens (tertiary/aromatic N) is 4. The molecule has 0 aliphatic carbocycles. The molecule has 2 rings (SSSR count). The number of rotatable bonds is 6. The van der Waals surface area contributed by atoms with Gasteiger partial charge in [-0.15, -0.1) is 10.2 Å². The Labute approximate surface area is 126 Å². The van der Waals surface area contributed by atoms with E-state index in [0.29, 0.717) is 0 Å². The third-order valence-electron chi connectivity index (χ3n) is 3.81. The monoisotopic (exact) mass is 294 g/mol. The van der Waals surface area contributed by atoms with Crippen molar-refractivity contribution in [1.29, 1.82) is 0 Å². The normalized spacial score (nSPS) is 22.5. The fourth-order valence-electron chi connectivity index (χ4n) is 2.50. The molecule has 118 valence electrons. The van der Waals surface area contributed by atoms with Crippen molar-refractivity contribution in [1.82, 2.24) is 25.4 Å². The second-order valence-electron chi connectivity index (χ2n) is 5.55. The summed E-state index contributed by atoms with van der Waals surface area (Å²) >= 11 is 0. The number of guanidine groups is 1. The van der Waals surface area contributed by atoms with E-state index in [2.05, 4.69) is 44.2 Å². The number of hydrogen-bond donors (Lipinski definition) is 2. The summed E-state index contributed by atoms with van der Waals surface area (Å²) in [5.41, 5.74) is -0.0682. The topological polar surface area (TPSA) is 76.4 Å². The first-order chi connectivity index (χ1) is 10.2. The highest BCUT2D eigenvalue weighted by Gasteiger charge is 2.29. The largest absolute Gasteiger partial charge is 0.373 e. The molecule has 21 heavy (non-hydrogen) atoms. The molecule has 1 saturated heterocycles. The lowest BCUT2D eigenvalue weighted by molar-refractivity contribution is 0.0243. The van der Waals surface area contributed by atoms with E-state index >= 15 is 0 Å². The highest BCUT2D eigenvalue weighted by molar-refractivity contribution is 5.79. The Hall–Kier alpha value is -1.63. The Morgan fingerprint density at radius 1 is 1.52 bits per heavy atom. The Morgan fingerprint density at radius 3 is 3.05 bits per heavy atom. The summed E-state index contributed by atoms with van der Waals surface area (Å²) in [6, 6.07) is 0. The van der Waals surface area contributed by atoms with Crippen LogP contribution in [0.5, 0.6) is 0 Å². The van der Waals surface area contributed by atoms with Crippen LogP contribution in [-0.2, 0) is 17.7 Å². The van der Waals surface area contributed by atoms with Crippen molar-refractivity contribution in [3.05, 3.63) is 12.2 Å². The molecule has 0 saturated carbocycles. The lowest BCUT2D eigenvalue weighted by atomic mass is 10.0. The first kappa shape index (κ1) is 15.8. The molecule has 0 bridgehead atoms. The van der Waals surface area contributed by atoms with E-state index in [-0.39, 0.29) is 5.60 Å². The zero-order chi connectivity index (χ0) is 15.1. The molecular formula is C14H26N6O. The van der Waals surface area contributed by atoms with Gasteiger partial charge in [-0.05, 0) is 19.8 Å². The average molecular weight is 294 g/mol. The van der Waals surface area contributed by atoms with Crippen molar-refractivity contribution in [3.63, 3.8) is 0 Å². The number of ether oxygens (including phenoxy) is 1. The number of aliphatic imine (C=N–C) groups is 1. The first-order valence-electron chi connectivity index (χ1n) is 7.62. The summed E-state index contributed by atoms with van der Waals surface area (Å²) in [7, 11) is 1.78. The van der Waals surface area contributed by atoms with Crippen molar-refractivity contribution >= 4 is 5.96 Å². The summed E-state index contributed by atoms with van der Waals surface area (Å²) in [4.78, 5) is 4.24. The molecule has 7 heteroatoms. The van der Waals surface area contributed by atoms with Gasteiger partial charge in [0, 0.05) is 39.7 Å². The summed E-state index contributed by atoms with van der Waals surface area (Å²) in [6.45, 7) is 7.46. The third kappa shape index (κ3) is 4.42. The van der Waals surface area contributed by atoms with Crippen LogP contribution in [-0.4, -0.2) is 53.1 Å². The molecule has 2 heterocycles. The number of aryl methyl sites for hydroxylation is 1. The van der Waals surface area contributed by atoms with E-state index in [0.717, 1.165) is 57.3 Å². The Bertz CT molecular complexity index is 464. The van der Waals surface area contributed by atoms with Crippen LogP contribution in [0.1, 0.15) is 32.5 Å². The number of hydrogen-bond acceptors (Lipinski definition) is 4. The van der Waals surface area contributed by atoms with Gasteiger partial charge in [0.05, 0.1) is 5.60 Å². The fourth-order valence-corrected chi connectivity index (χ4v) is 2.50. The highest BCUT2D eigenvalue weighted by Crippen LogP contribution is 2.23. The van der Waals surface area contributed by atoms with Gasteiger partial charge < -0.3 is 19.9 Å². The molecule has 0 radical (unpaired) electrons. The molecular weight excluding hydrogens is 268 g/mol. The third-order valence-corrected chi connectivity index (χ3v) is 3.81. The summed E-state index contributed by atoms with van der Waals surface area (Å²) in [5, 5.41) is 14.6. The second kappa shape index (κ2) is 7.40. The molecule has 0 aromatic carbocycles. The van der Waals surface area contributed by atoms with E-state index in [1.54, 1.807) is 13.4 Å². The van der Waals surface area contributed by atoms with Crippen molar-refractivity contribution in [3.8, 4) is 0 Å². The maximum atomic E-state index is 5.76. The van der Waals surface area contributed by atoms with E-state index in [9.17, 15) is 0 Å². The van der Waals surface area contributed by atoms with Crippen LogP contribution in [0, 0.1) is 0 Å². The maximum Gasteiger partial charge on any atom is 0.191 e. The Balaban J connectivity index is 1.73. The second-order valence-corrected chi connectivity index (χ2v) is 5.55. The summed E-state index contributed by atoms with van der Waals surface area (Å²) in [5.74, 6) is 1.81. The van der Waals surface area contributed by atoms with Gasteiger partial charge in [-0.2, -0.15) is 0 Å². The van der Waals surface area contributed by atoms with Crippen molar-refractivity contribution in [2.45, 2.75) is 45.3 Å². The standard InChI is InChI=1S/C14H26N6O/c1-4-12-19-18-11-20(12)8-7-16-13(15-3)17-10-14(2)6-5-9-21-14/h11H,4-10H2,1-3H3,(H2,15,16,17). The zero-order valence-electron chi connectivity index (χ0n) is 13.2. The van der Waals surface area contributed by atoms with Crippen LogP contribution in [0.15, 0.2) is 11.3 Å². The Morgan fingerprint density at radius 2 is 2.38 bits per heavy atom. The molecule has 0 amide bonds. The summed E-state index contributed by atoms with van der Waals surface area (Å²) < 4.78 is 7.82. The van der Waals surface area contributed by atoms with Gasteiger partial charge in [0.2, 0.25) is 0 Å². The first-order valence-corrected chi connectivity index (χ1v) is 7.62. The lowest BCUT2D eigenvalue weighted by Gasteiger charge is -2.24. The highest BCUT2D eigenvalue weighted by atomic mass is 16.5. The van der Waals surface area contributed by atoms with E-state index in [4.69, 9.17) is 4.74 Å². The zero-order valence-corrected chi connectivity index (χ0v) is 13.2. The van der Waals surface area contributed by atoms with E-state index in [1.807, 2.05) is 0 Å². The van der Waals surface area contributed by atoms with Gasteiger partial charge in [0.1, 0.15) is 12.2 Å². The van der Waals surface area contributed by atoms with Gasteiger partial charge in [0.15, 0.2) is 5.96 Å². The molecule has 1 fully saturated rings. The minimum Gasteiger partial charge on any atom is -0.373 e. The number of nitrogens with one attached hydrogen (secondary N) is 2. The predicted molar refractivity (Wildman–Crippen MR) is 82.4 cm³/mol. The van der Waals surface area contributed by atoms with E-state index < -0.39 is 0 Å². The minimum atomic E-state index is -0.0682. The van der Waals surface area contributed by atoms with Crippen LogP contribution in [0.25, 0.3) is 0 Å². The van der Waals surface area contributed by atoms with Crippen LogP contribution in [0.3, 0.4) is 0 Å². The van der Waals surface area contributed by atoms with Crippen LogP contribution in [0.4, 0.5) is 0 Å². The molecule has 7 nitrogen and oxygen atoms in total. The van der Waals surface area contributed by atoms with Crippen molar-refractivity contribution in [2.75, 3.05) is 26.7 Å². The SMILES string of the molecule is CCc1nncn1CCNC(=NC)NCC1(C)CCCO1. The average Bonchev–Trinajstić information content (AvgIpc) is 3.11. The van der Waals surface area contributed by atoms with Gasteiger partial charge >= 0.3 is 0 Å². The molecule has 0 spiro atoms. The van der Waals surface area contributed by atoms with Gasteiger partial charge in [-0.25, -0.2) is 0 Å². The fraction of sp³-hybridized carbons (Fsp3) is 0.786. The van der Waals surface area contributed by atoms with Crippen molar-refractivity contribution in [2.24, 2.45) is 4.99 Å². The Kier molecular flexibility index (Phi) is 5.55. The smallest absolute Gasteiger partial charge is 0.191 e. The van der Waals surface area contributed by atoms with E-state index in [1.165, 1.54) is 0 Å². The molecule has 1 atom stereocenters. The molecule has 1 aromatic rings. The molecule has 1 aliphatic heterocycles. The molecule has 1 aliphatic rings. The molecule has 1 aromatic heterocycles. The minimum absolute atomic E-state index is 0.0682. The van der Waals surface area contributed by atoms with Crippen LogP contribution in [0.2, 0.25) is 0 Å². The summed E-state index contributed by atoms with van der Waals surface area (Å²) in [6.07, 6.45) is 4.89. The van der Waals surface area contributed by atoms with Gasteiger partial charge in [0.25, 0.3) is 0 Å². The predicted octanol–water partition coefficient (Wildman–Crippen LogP) is 0.575. The molecule has 2 N–H and O–H groups in total. The van der Waals surface area contributed by atoms with Crippen LogP contribution >= 0.6 is 0 Å². The van der Waals surface area contributed by atoms with Gasteiger partial charge in [-0.3, -0.25) is 4.99 Å². The molecule has 1 unspecified atom stereocenters. The van der Waals surface area contributed by atoms with Crippen molar-refractivity contribution < 1.29 is 4.74 Å². The quantitative estimate of drug-likeness (QED) is 0.593. The van der Waals surface area contributed by atoms with Gasteiger partial charge in [-0.1, -0.05) is 6.92 Å².